The molecule has 2 aliphatic rings. The Bertz CT molecular complexity index is 1130. The Kier molecular flexibility index (Phi) is 10.5. The van der Waals surface area contributed by atoms with Gasteiger partial charge < -0.3 is 29.7 Å². The average molecular weight is 562 g/mol. The standard InChI is InChI=1S/C27H37BF2N4O6/c1-26(2,33-12-10-27(29,30)18-33)15-20(16-31)24(35)34-11-5-4-8-21(34)17-40-25(36)32-23(28(37)38)14-19-7-6-9-22(13-19)39-3/h6-7,9,13,15,21,23,37-38H,4-5,8,10-12,14,17-18H2,1-3H3,(H,32,36)/t21-,23?/m1/s1. The number of alkyl halides is 2. The fourth-order valence-electron chi connectivity index (χ4n) is 5.06. The van der Waals surface area contributed by atoms with Crippen molar-refractivity contribution >= 4 is 19.1 Å². The number of piperidine rings is 1. The molecule has 1 aromatic carbocycles. The molecule has 218 valence electrons. The SMILES string of the molecule is COc1cccc(CC(NC(=O)OC[C@H]2CCCCN2C(=O)C(C#N)=CC(C)(C)N2CCC(F)(F)C2)B(O)O)c1. The minimum Gasteiger partial charge on any atom is -0.497 e. The third kappa shape index (κ3) is 8.40. The van der Waals surface area contributed by atoms with Gasteiger partial charge in [-0.3, -0.25) is 9.69 Å². The van der Waals surface area contributed by atoms with Crippen molar-refractivity contribution in [3.8, 4) is 11.8 Å². The molecule has 3 N–H and O–H groups in total. The van der Waals surface area contributed by atoms with Crippen LogP contribution in [0.25, 0.3) is 0 Å². The van der Waals surface area contributed by atoms with Crippen LogP contribution in [0, 0.1) is 11.3 Å². The summed E-state index contributed by atoms with van der Waals surface area (Å²) < 4.78 is 38.1. The number of nitriles is 1. The molecule has 0 saturated carbocycles. The minimum atomic E-state index is -2.81. The molecule has 2 fully saturated rings. The molecule has 0 aromatic heterocycles. The molecule has 0 aliphatic carbocycles. The van der Waals surface area contributed by atoms with Gasteiger partial charge in [0.05, 0.1) is 25.6 Å². The average Bonchev–Trinajstić information content (AvgIpc) is 3.30. The van der Waals surface area contributed by atoms with Crippen molar-refractivity contribution in [3.63, 3.8) is 0 Å². The van der Waals surface area contributed by atoms with Crippen molar-refractivity contribution < 1.29 is 37.9 Å². The fraction of sp³-hybridized carbons (Fsp3) is 0.593. The number of benzene rings is 1. The van der Waals surface area contributed by atoms with Gasteiger partial charge in [-0.15, -0.1) is 0 Å². The topological polar surface area (TPSA) is 135 Å². The molecule has 3 rings (SSSR count). The number of amides is 2. The van der Waals surface area contributed by atoms with Gasteiger partial charge in [-0.25, -0.2) is 13.6 Å². The highest BCUT2D eigenvalue weighted by Crippen LogP contribution is 2.33. The first-order valence-corrected chi connectivity index (χ1v) is 13.3. The van der Waals surface area contributed by atoms with Crippen molar-refractivity contribution in [2.24, 2.45) is 0 Å². The van der Waals surface area contributed by atoms with E-state index in [9.17, 15) is 33.7 Å². The summed E-state index contributed by atoms with van der Waals surface area (Å²) in [4.78, 5) is 28.9. The number of carbonyl (C=O) groups is 2. The molecule has 2 aliphatic heterocycles. The van der Waals surface area contributed by atoms with Gasteiger partial charge in [0.25, 0.3) is 11.8 Å². The van der Waals surface area contributed by atoms with E-state index in [0.717, 1.165) is 6.42 Å². The number of nitrogens with zero attached hydrogens (tertiary/aromatic N) is 3. The maximum atomic E-state index is 13.8. The second kappa shape index (κ2) is 13.4. The molecule has 1 unspecified atom stereocenters. The highest BCUT2D eigenvalue weighted by Gasteiger charge is 2.43. The smallest absolute Gasteiger partial charge is 0.475 e. The molecule has 10 nitrogen and oxygen atoms in total. The zero-order valence-electron chi connectivity index (χ0n) is 23.1. The van der Waals surface area contributed by atoms with Crippen molar-refractivity contribution in [2.75, 3.05) is 33.4 Å². The van der Waals surface area contributed by atoms with Crippen LogP contribution >= 0.6 is 0 Å². The van der Waals surface area contributed by atoms with E-state index in [1.165, 1.54) is 18.1 Å². The molecule has 1 aromatic rings. The van der Waals surface area contributed by atoms with Crippen LogP contribution in [0.15, 0.2) is 35.9 Å². The molecule has 13 heteroatoms. The van der Waals surface area contributed by atoms with E-state index in [1.807, 2.05) is 6.07 Å². The van der Waals surface area contributed by atoms with E-state index in [0.29, 0.717) is 30.7 Å². The van der Waals surface area contributed by atoms with E-state index in [-0.39, 0.29) is 31.6 Å². The summed E-state index contributed by atoms with van der Waals surface area (Å²) in [5.41, 5.74) is -0.387. The van der Waals surface area contributed by atoms with Crippen LogP contribution in [0.4, 0.5) is 13.6 Å². The van der Waals surface area contributed by atoms with Crippen molar-refractivity contribution in [2.45, 2.75) is 69.4 Å². The molecule has 40 heavy (non-hydrogen) atoms. The van der Waals surface area contributed by atoms with Crippen molar-refractivity contribution in [1.82, 2.24) is 15.1 Å². The Morgan fingerprint density at radius 3 is 2.70 bits per heavy atom. The molecule has 2 amide bonds. The number of ether oxygens (including phenoxy) is 2. The molecule has 2 heterocycles. The summed E-state index contributed by atoms with van der Waals surface area (Å²) in [7, 11) is -0.342. The summed E-state index contributed by atoms with van der Waals surface area (Å²) >= 11 is 0. The Morgan fingerprint density at radius 2 is 2.08 bits per heavy atom. The van der Waals surface area contributed by atoms with Crippen LogP contribution in [0.5, 0.6) is 5.75 Å². The summed E-state index contributed by atoms with van der Waals surface area (Å²) in [6.45, 7) is 3.28. The maximum absolute atomic E-state index is 13.8. The number of hydrogen-bond donors (Lipinski definition) is 3. The Hall–Kier alpha value is -3.21. The summed E-state index contributed by atoms with van der Waals surface area (Å²) in [6.07, 6.45) is 2.40. The number of halogens is 2. The largest absolute Gasteiger partial charge is 0.497 e. The lowest BCUT2D eigenvalue weighted by Gasteiger charge is -2.36. The van der Waals surface area contributed by atoms with Gasteiger partial charge in [0, 0.05) is 25.0 Å². The van der Waals surface area contributed by atoms with Gasteiger partial charge in [-0.1, -0.05) is 12.1 Å². The Morgan fingerprint density at radius 1 is 1.32 bits per heavy atom. The van der Waals surface area contributed by atoms with E-state index in [4.69, 9.17) is 9.47 Å². The van der Waals surface area contributed by atoms with E-state index in [1.54, 1.807) is 43.0 Å². The number of alkyl carbamates (subject to hydrolysis) is 1. The van der Waals surface area contributed by atoms with E-state index in [2.05, 4.69) is 5.32 Å². The Labute approximate surface area is 233 Å². The van der Waals surface area contributed by atoms with Crippen LogP contribution in [-0.4, -0.2) is 95.8 Å². The summed E-state index contributed by atoms with van der Waals surface area (Å²) in [5.74, 6) is -3.83. The molecular formula is C27H37BF2N4O6. The Balaban J connectivity index is 1.63. The third-order valence-electron chi connectivity index (χ3n) is 7.38. The zero-order chi connectivity index (χ0) is 29.5. The predicted molar refractivity (Wildman–Crippen MR) is 143 cm³/mol. The number of hydrogen-bond acceptors (Lipinski definition) is 8. The summed E-state index contributed by atoms with van der Waals surface area (Å²) in [6, 6.07) is 8.38. The van der Waals surface area contributed by atoms with Crippen LogP contribution < -0.4 is 10.1 Å². The number of methoxy groups -OCH3 is 1. The zero-order valence-corrected chi connectivity index (χ0v) is 23.1. The summed E-state index contributed by atoms with van der Waals surface area (Å²) in [5, 5.41) is 31.8. The maximum Gasteiger partial charge on any atom is 0.475 e. The lowest BCUT2D eigenvalue weighted by atomic mass is 9.76. The predicted octanol–water partition coefficient (Wildman–Crippen LogP) is 2.30. The number of carbonyl (C=O) groups excluding carboxylic acids is 2. The number of likely N-dealkylation sites (tertiary alicyclic amines) is 2. The van der Waals surface area contributed by atoms with Crippen LogP contribution in [0.2, 0.25) is 0 Å². The van der Waals surface area contributed by atoms with Crippen LogP contribution in [-0.2, 0) is 16.0 Å². The highest BCUT2D eigenvalue weighted by molar-refractivity contribution is 6.43. The van der Waals surface area contributed by atoms with Crippen LogP contribution in [0.1, 0.15) is 45.1 Å². The third-order valence-corrected chi connectivity index (χ3v) is 7.38. The molecule has 0 radical (unpaired) electrons. The lowest BCUT2D eigenvalue weighted by molar-refractivity contribution is -0.131. The van der Waals surface area contributed by atoms with Crippen molar-refractivity contribution in [3.05, 3.63) is 41.5 Å². The molecule has 0 bridgehead atoms. The van der Waals surface area contributed by atoms with Gasteiger partial charge >= 0.3 is 13.2 Å². The molecule has 2 saturated heterocycles. The van der Waals surface area contributed by atoms with Gasteiger partial charge in [0.2, 0.25) is 0 Å². The second-order valence-electron chi connectivity index (χ2n) is 10.8. The lowest BCUT2D eigenvalue weighted by Crippen LogP contribution is -2.50. The van der Waals surface area contributed by atoms with E-state index >= 15 is 0 Å². The van der Waals surface area contributed by atoms with Gasteiger partial charge in [0.1, 0.15) is 24.0 Å². The molecular weight excluding hydrogens is 525 g/mol. The van der Waals surface area contributed by atoms with E-state index < -0.39 is 49.1 Å². The van der Waals surface area contributed by atoms with Crippen molar-refractivity contribution in [1.29, 1.82) is 5.26 Å². The minimum absolute atomic E-state index is 0.104. The van der Waals surface area contributed by atoms with Gasteiger partial charge in [-0.2, -0.15) is 5.26 Å². The first kappa shape index (κ1) is 31.3. The normalized spacial score (nSPS) is 20.4. The first-order valence-electron chi connectivity index (χ1n) is 13.3. The monoisotopic (exact) mass is 562 g/mol. The first-order chi connectivity index (χ1) is 18.8. The second-order valence-corrected chi connectivity index (χ2v) is 10.8. The quantitative estimate of drug-likeness (QED) is 0.225. The number of nitrogens with one attached hydrogen (secondary N) is 1. The highest BCUT2D eigenvalue weighted by atomic mass is 19.3. The molecule has 2 atom stereocenters. The number of rotatable bonds is 10. The van der Waals surface area contributed by atoms with Gasteiger partial charge in [-0.05, 0) is 63.3 Å². The molecule has 0 spiro atoms. The fourth-order valence-corrected chi connectivity index (χ4v) is 5.06. The van der Waals surface area contributed by atoms with Gasteiger partial charge in [0.15, 0.2) is 0 Å². The van der Waals surface area contributed by atoms with Crippen LogP contribution in [0.3, 0.4) is 0 Å².